The van der Waals surface area contributed by atoms with Crippen molar-refractivity contribution in [1.82, 2.24) is 14.8 Å². The minimum atomic E-state index is -0.527. The second-order valence-electron chi connectivity index (χ2n) is 6.16. The lowest BCUT2D eigenvalue weighted by atomic mass is 9.95. The maximum atomic E-state index is 12.8. The van der Waals surface area contributed by atoms with Gasteiger partial charge in [-0.1, -0.05) is 0 Å². The van der Waals surface area contributed by atoms with Gasteiger partial charge in [0, 0.05) is 17.3 Å². The van der Waals surface area contributed by atoms with Gasteiger partial charge in [0.15, 0.2) is 0 Å². The highest BCUT2D eigenvalue weighted by atomic mass is 16.5. The van der Waals surface area contributed by atoms with Crippen LogP contribution >= 0.6 is 0 Å². The molecule has 0 unspecified atom stereocenters. The van der Waals surface area contributed by atoms with E-state index in [1.54, 1.807) is 25.0 Å². The Kier molecular flexibility index (Phi) is 4.83. The van der Waals surface area contributed by atoms with Crippen LogP contribution in [0.4, 0.5) is 5.95 Å². The minimum absolute atomic E-state index is 0.238. The summed E-state index contributed by atoms with van der Waals surface area (Å²) in [5.74, 6) is 1.38. The molecule has 1 atom stereocenters. The molecule has 8 heteroatoms. The van der Waals surface area contributed by atoms with Crippen molar-refractivity contribution in [3.8, 4) is 11.5 Å². The van der Waals surface area contributed by atoms with Gasteiger partial charge in [0.25, 0.3) is 0 Å². The Morgan fingerprint density at radius 3 is 2.69 bits per heavy atom. The second kappa shape index (κ2) is 7.07. The van der Waals surface area contributed by atoms with E-state index in [9.17, 15) is 4.79 Å². The van der Waals surface area contributed by atoms with Crippen LogP contribution in [-0.4, -0.2) is 41.1 Å². The molecule has 1 aromatic carbocycles. The number of methoxy groups -OCH3 is 2. The zero-order chi connectivity index (χ0) is 18.8. The van der Waals surface area contributed by atoms with Crippen LogP contribution in [0, 0.1) is 0 Å². The van der Waals surface area contributed by atoms with Gasteiger partial charge in [0.05, 0.1) is 25.9 Å². The molecule has 0 radical (unpaired) electrons. The Balaban J connectivity index is 2.17. The van der Waals surface area contributed by atoms with E-state index in [-0.39, 0.29) is 6.10 Å². The molecule has 138 valence electrons. The Morgan fingerprint density at radius 1 is 1.27 bits per heavy atom. The molecule has 1 aromatic heterocycles. The minimum Gasteiger partial charge on any atom is -0.497 e. The summed E-state index contributed by atoms with van der Waals surface area (Å²) in [5, 5.41) is 7.40. The Morgan fingerprint density at radius 2 is 2.04 bits per heavy atom. The number of rotatable bonds is 5. The molecule has 8 nitrogen and oxygen atoms in total. The number of benzene rings is 1. The summed E-state index contributed by atoms with van der Waals surface area (Å²) in [6.07, 6.45) is 1.20. The zero-order valence-corrected chi connectivity index (χ0v) is 15.4. The predicted octanol–water partition coefficient (Wildman–Crippen LogP) is 2.54. The smallest absolute Gasteiger partial charge is 0.338 e. The van der Waals surface area contributed by atoms with Gasteiger partial charge in [-0.05, 0) is 32.9 Å². The first kappa shape index (κ1) is 17.8. The van der Waals surface area contributed by atoms with E-state index in [0.717, 1.165) is 5.56 Å². The third kappa shape index (κ3) is 3.10. The summed E-state index contributed by atoms with van der Waals surface area (Å²) in [5.41, 5.74) is 1.88. The number of hydrogen-bond donors (Lipinski definition) is 1. The van der Waals surface area contributed by atoms with E-state index in [1.807, 2.05) is 32.9 Å². The molecule has 0 fully saturated rings. The van der Waals surface area contributed by atoms with Crippen LogP contribution in [0.1, 0.15) is 32.4 Å². The van der Waals surface area contributed by atoms with Crippen molar-refractivity contribution < 1.29 is 19.0 Å². The molecule has 0 saturated carbocycles. The third-order valence-electron chi connectivity index (χ3n) is 4.09. The summed E-state index contributed by atoms with van der Waals surface area (Å²) >= 11 is 0. The van der Waals surface area contributed by atoms with Gasteiger partial charge in [-0.3, -0.25) is 0 Å². The molecule has 0 saturated heterocycles. The fraction of sp³-hybridized carbons (Fsp3) is 0.389. The number of carbonyl (C=O) groups is 1. The second-order valence-corrected chi connectivity index (χ2v) is 6.16. The highest BCUT2D eigenvalue weighted by molar-refractivity contribution is 5.92. The van der Waals surface area contributed by atoms with E-state index in [4.69, 9.17) is 14.2 Å². The SMILES string of the molecule is COc1ccc([C@H]2C(C(=O)OC(C)C)=C(C)Nc3ncnn32)c(OC)c1. The molecule has 2 heterocycles. The summed E-state index contributed by atoms with van der Waals surface area (Å²) in [7, 11) is 3.16. The highest BCUT2D eigenvalue weighted by Crippen LogP contribution is 2.40. The van der Waals surface area contributed by atoms with Crippen molar-refractivity contribution >= 4 is 11.9 Å². The number of fused-ring (bicyclic) bond motifs is 1. The van der Waals surface area contributed by atoms with E-state index in [2.05, 4.69) is 15.4 Å². The van der Waals surface area contributed by atoms with Gasteiger partial charge in [0.2, 0.25) is 5.95 Å². The van der Waals surface area contributed by atoms with E-state index < -0.39 is 12.0 Å². The van der Waals surface area contributed by atoms with Gasteiger partial charge in [-0.15, -0.1) is 0 Å². The number of anilines is 1. The van der Waals surface area contributed by atoms with Crippen molar-refractivity contribution in [2.75, 3.05) is 19.5 Å². The lowest BCUT2D eigenvalue weighted by Gasteiger charge is -2.29. The molecule has 0 aliphatic carbocycles. The summed E-state index contributed by atoms with van der Waals surface area (Å²) in [6, 6.07) is 4.92. The molecule has 3 rings (SSSR count). The number of nitrogens with one attached hydrogen (secondary N) is 1. The number of ether oxygens (including phenoxy) is 3. The Hall–Kier alpha value is -3.03. The molecular formula is C18H22N4O4. The topological polar surface area (TPSA) is 87.5 Å². The Labute approximate surface area is 151 Å². The van der Waals surface area contributed by atoms with Gasteiger partial charge >= 0.3 is 5.97 Å². The van der Waals surface area contributed by atoms with Crippen LogP contribution in [0.25, 0.3) is 0 Å². The summed E-state index contributed by atoms with van der Waals surface area (Å²) < 4.78 is 17.9. The maximum absolute atomic E-state index is 12.8. The Bertz CT molecular complexity index is 857. The van der Waals surface area contributed by atoms with Crippen molar-refractivity contribution in [3.05, 3.63) is 41.4 Å². The molecule has 1 aliphatic heterocycles. The first-order chi connectivity index (χ1) is 12.5. The molecular weight excluding hydrogens is 336 g/mol. The number of aromatic nitrogens is 3. The highest BCUT2D eigenvalue weighted by Gasteiger charge is 2.36. The third-order valence-corrected chi connectivity index (χ3v) is 4.09. The monoisotopic (exact) mass is 358 g/mol. The van der Waals surface area contributed by atoms with Crippen molar-refractivity contribution in [3.63, 3.8) is 0 Å². The lowest BCUT2D eigenvalue weighted by Crippen LogP contribution is -2.30. The van der Waals surface area contributed by atoms with Gasteiger partial charge in [-0.2, -0.15) is 10.1 Å². The number of carbonyl (C=O) groups excluding carboxylic acids is 1. The zero-order valence-electron chi connectivity index (χ0n) is 15.4. The summed E-state index contributed by atoms with van der Waals surface area (Å²) in [4.78, 5) is 17.0. The first-order valence-electron chi connectivity index (χ1n) is 8.26. The summed E-state index contributed by atoms with van der Waals surface area (Å²) in [6.45, 7) is 5.44. The van der Waals surface area contributed by atoms with Crippen molar-refractivity contribution in [2.24, 2.45) is 0 Å². The van der Waals surface area contributed by atoms with Gasteiger partial charge in [0.1, 0.15) is 23.9 Å². The van der Waals surface area contributed by atoms with E-state index >= 15 is 0 Å². The fourth-order valence-corrected chi connectivity index (χ4v) is 2.96. The first-order valence-corrected chi connectivity index (χ1v) is 8.26. The van der Waals surface area contributed by atoms with E-state index in [1.165, 1.54) is 6.33 Å². The molecule has 2 aromatic rings. The van der Waals surface area contributed by atoms with Gasteiger partial charge in [-0.25, -0.2) is 9.48 Å². The molecule has 1 N–H and O–H groups in total. The number of esters is 1. The van der Waals surface area contributed by atoms with Gasteiger partial charge < -0.3 is 19.5 Å². The van der Waals surface area contributed by atoms with Crippen LogP contribution in [0.3, 0.4) is 0 Å². The van der Waals surface area contributed by atoms with Crippen molar-refractivity contribution in [2.45, 2.75) is 32.9 Å². The number of nitrogens with zero attached hydrogens (tertiary/aromatic N) is 3. The predicted molar refractivity (Wildman–Crippen MR) is 95.3 cm³/mol. The molecule has 1 aliphatic rings. The lowest BCUT2D eigenvalue weighted by molar-refractivity contribution is -0.143. The molecule has 0 spiro atoms. The maximum Gasteiger partial charge on any atom is 0.338 e. The van der Waals surface area contributed by atoms with Crippen LogP contribution in [-0.2, 0) is 9.53 Å². The quantitative estimate of drug-likeness (QED) is 0.822. The average Bonchev–Trinajstić information content (AvgIpc) is 3.07. The van der Waals surface area contributed by atoms with E-state index in [0.29, 0.717) is 28.7 Å². The average molecular weight is 358 g/mol. The largest absolute Gasteiger partial charge is 0.497 e. The van der Waals surface area contributed by atoms with Crippen LogP contribution in [0.5, 0.6) is 11.5 Å². The number of allylic oxidation sites excluding steroid dienone is 1. The van der Waals surface area contributed by atoms with Crippen molar-refractivity contribution in [1.29, 1.82) is 0 Å². The molecule has 0 bridgehead atoms. The van der Waals surface area contributed by atoms with Crippen LogP contribution < -0.4 is 14.8 Å². The molecule has 0 amide bonds. The van der Waals surface area contributed by atoms with Crippen LogP contribution in [0.2, 0.25) is 0 Å². The number of hydrogen-bond acceptors (Lipinski definition) is 7. The molecule has 26 heavy (non-hydrogen) atoms. The fourth-order valence-electron chi connectivity index (χ4n) is 2.96. The standard InChI is InChI=1S/C18H22N4O4/c1-10(2)26-17(23)15-11(3)21-18-19-9-20-22(18)16(15)13-7-6-12(24-4)8-14(13)25-5/h6-10,16H,1-5H3,(H,19,20,21)/t16-/m0/s1. The normalized spacial score (nSPS) is 16.2. The van der Waals surface area contributed by atoms with Crippen LogP contribution in [0.15, 0.2) is 35.8 Å².